The molecule has 5 nitrogen and oxygen atoms in total. The molecule has 0 heterocycles. The molecular formula is C24H30O5. The maximum Gasteiger partial charge on any atom is 0.311 e. The molecule has 0 saturated heterocycles. The first kappa shape index (κ1) is 22.5. The van der Waals surface area contributed by atoms with Crippen LogP contribution < -0.4 is 14.2 Å². The van der Waals surface area contributed by atoms with E-state index in [1.807, 2.05) is 45.9 Å². The fraction of sp³-hybridized carbons (Fsp3) is 0.417. The third kappa shape index (κ3) is 7.98. The summed E-state index contributed by atoms with van der Waals surface area (Å²) in [6, 6.07) is 14.2. The topological polar surface area (TPSA) is 61.8 Å². The number of para-hydroxylation sites is 2. The van der Waals surface area contributed by atoms with Crippen molar-refractivity contribution in [1.29, 1.82) is 0 Å². The summed E-state index contributed by atoms with van der Waals surface area (Å²) in [4.78, 5) is 24.6. The van der Waals surface area contributed by atoms with Gasteiger partial charge in [0.25, 0.3) is 0 Å². The summed E-state index contributed by atoms with van der Waals surface area (Å²) in [5, 5.41) is 0. The Morgan fingerprint density at radius 3 is 1.86 bits per heavy atom. The fourth-order valence-corrected chi connectivity index (χ4v) is 2.52. The molecule has 0 fully saturated rings. The van der Waals surface area contributed by atoms with Gasteiger partial charge in [-0.15, -0.1) is 0 Å². The van der Waals surface area contributed by atoms with Crippen LogP contribution in [-0.4, -0.2) is 11.9 Å². The number of esters is 2. The molecule has 0 aliphatic rings. The summed E-state index contributed by atoms with van der Waals surface area (Å²) in [6.45, 7) is 8.18. The van der Waals surface area contributed by atoms with E-state index in [1.165, 1.54) is 0 Å². The summed E-state index contributed by atoms with van der Waals surface area (Å²) in [6.07, 6.45) is 2.01. The maximum atomic E-state index is 12.4. The van der Waals surface area contributed by atoms with Crippen molar-refractivity contribution >= 4 is 11.9 Å². The van der Waals surface area contributed by atoms with E-state index in [2.05, 4.69) is 0 Å². The second kappa shape index (κ2) is 11.2. The van der Waals surface area contributed by atoms with E-state index in [0.717, 1.165) is 6.42 Å². The van der Waals surface area contributed by atoms with Crippen LogP contribution in [0.4, 0.5) is 0 Å². The minimum Gasteiger partial charge on any atom is -0.453 e. The molecule has 29 heavy (non-hydrogen) atoms. The zero-order chi connectivity index (χ0) is 21.2. The lowest BCUT2D eigenvalue weighted by molar-refractivity contribution is -0.137. The predicted molar refractivity (Wildman–Crippen MR) is 112 cm³/mol. The van der Waals surface area contributed by atoms with Gasteiger partial charge in [-0.3, -0.25) is 9.59 Å². The molecule has 0 atom stereocenters. The van der Waals surface area contributed by atoms with Crippen molar-refractivity contribution in [2.45, 2.75) is 53.4 Å². The molecule has 0 radical (unpaired) electrons. The van der Waals surface area contributed by atoms with Gasteiger partial charge in [-0.1, -0.05) is 52.0 Å². The van der Waals surface area contributed by atoms with Crippen molar-refractivity contribution in [3.63, 3.8) is 0 Å². The van der Waals surface area contributed by atoms with Gasteiger partial charge in [-0.2, -0.15) is 0 Å². The molecule has 2 aromatic rings. The van der Waals surface area contributed by atoms with Crippen LogP contribution in [0.3, 0.4) is 0 Å². The average Bonchev–Trinajstić information content (AvgIpc) is 2.68. The van der Waals surface area contributed by atoms with Crippen LogP contribution in [0, 0.1) is 11.8 Å². The van der Waals surface area contributed by atoms with E-state index in [4.69, 9.17) is 14.2 Å². The summed E-state index contributed by atoms with van der Waals surface area (Å²) in [5.74, 6) is 1.25. The van der Waals surface area contributed by atoms with Crippen LogP contribution in [0.2, 0.25) is 0 Å². The smallest absolute Gasteiger partial charge is 0.311 e. The van der Waals surface area contributed by atoms with Crippen LogP contribution in [0.15, 0.2) is 48.5 Å². The van der Waals surface area contributed by atoms with Gasteiger partial charge in [-0.25, -0.2) is 0 Å². The minimum absolute atomic E-state index is 0.128. The van der Waals surface area contributed by atoms with Crippen LogP contribution in [0.25, 0.3) is 0 Å². The van der Waals surface area contributed by atoms with Crippen LogP contribution in [-0.2, 0) is 9.59 Å². The van der Waals surface area contributed by atoms with Crippen molar-refractivity contribution in [2.24, 2.45) is 11.8 Å². The quantitative estimate of drug-likeness (QED) is 0.354. The highest BCUT2D eigenvalue weighted by Gasteiger charge is 2.20. The lowest BCUT2D eigenvalue weighted by Crippen LogP contribution is -2.13. The molecule has 0 bridgehead atoms. The van der Waals surface area contributed by atoms with Crippen LogP contribution in [0.1, 0.15) is 53.4 Å². The fourth-order valence-electron chi connectivity index (χ4n) is 2.52. The van der Waals surface area contributed by atoms with Gasteiger partial charge in [0, 0.05) is 12.8 Å². The minimum atomic E-state index is -0.387. The average molecular weight is 398 g/mol. The van der Waals surface area contributed by atoms with E-state index < -0.39 is 0 Å². The Labute approximate surface area is 173 Å². The lowest BCUT2D eigenvalue weighted by atomic mass is 10.1. The van der Waals surface area contributed by atoms with Gasteiger partial charge in [0.15, 0.2) is 11.5 Å². The van der Waals surface area contributed by atoms with Crippen molar-refractivity contribution in [2.75, 3.05) is 0 Å². The lowest BCUT2D eigenvalue weighted by Gasteiger charge is -2.15. The number of carbonyl (C=O) groups excluding carboxylic acids is 2. The van der Waals surface area contributed by atoms with Crippen LogP contribution in [0.5, 0.6) is 23.0 Å². The molecule has 0 spiro atoms. The van der Waals surface area contributed by atoms with Gasteiger partial charge in [-0.05, 0) is 48.9 Å². The highest BCUT2D eigenvalue weighted by Crippen LogP contribution is 2.40. The highest BCUT2D eigenvalue weighted by molar-refractivity contribution is 5.77. The molecule has 0 saturated carbocycles. The molecular weight excluding hydrogens is 368 g/mol. The van der Waals surface area contributed by atoms with Gasteiger partial charge < -0.3 is 14.2 Å². The van der Waals surface area contributed by atoms with E-state index in [-0.39, 0.29) is 29.9 Å². The summed E-state index contributed by atoms with van der Waals surface area (Å²) < 4.78 is 17.0. The molecule has 2 aromatic carbocycles. The van der Waals surface area contributed by atoms with Gasteiger partial charge in [0.2, 0.25) is 5.75 Å². The second-order valence-corrected chi connectivity index (χ2v) is 7.81. The number of benzene rings is 2. The second-order valence-electron chi connectivity index (χ2n) is 7.81. The zero-order valence-electron chi connectivity index (χ0n) is 17.6. The van der Waals surface area contributed by atoms with E-state index in [1.54, 1.807) is 30.3 Å². The number of carbonyl (C=O) groups is 2. The molecule has 0 aliphatic heterocycles. The first-order chi connectivity index (χ1) is 13.8. The summed E-state index contributed by atoms with van der Waals surface area (Å²) in [7, 11) is 0. The number of ether oxygens (including phenoxy) is 3. The molecule has 0 aromatic heterocycles. The Morgan fingerprint density at radius 2 is 1.28 bits per heavy atom. The van der Waals surface area contributed by atoms with Crippen molar-refractivity contribution < 1.29 is 23.8 Å². The van der Waals surface area contributed by atoms with E-state index >= 15 is 0 Å². The molecule has 2 rings (SSSR count). The Balaban J connectivity index is 2.24. The molecule has 156 valence electrons. The largest absolute Gasteiger partial charge is 0.453 e. The SMILES string of the molecule is CC(C)CCC(=O)Oc1cccc(Oc2ccccc2)c1OC(=O)CCC(C)C. The zero-order valence-corrected chi connectivity index (χ0v) is 17.6. The first-order valence-electron chi connectivity index (χ1n) is 10.1. The monoisotopic (exact) mass is 398 g/mol. The van der Waals surface area contributed by atoms with Crippen molar-refractivity contribution in [3.8, 4) is 23.0 Å². The van der Waals surface area contributed by atoms with E-state index in [0.29, 0.717) is 36.2 Å². The molecule has 0 aliphatic carbocycles. The predicted octanol–water partition coefficient (Wildman–Crippen LogP) is 6.16. The van der Waals surface area contributed by atoms with Gasteiger partial charge >= 0.3 is 11.9 Å². The first-order valence-corrected chi connectivity index (χ1v) is 10.1. The Morgan fingerprint density at radius 1 is 0.724 bits per heavy atom. The Hall–Kier alpha value is -2.82. The Kier molecular flexibility index (Phi) is 8.71. The number of hydrogen-bond donors (Lipinski definition) is 0. The van der Waals surface area contributed by atoms with Gasteiger partial charge in [0.05, 0.1) is 0 Å². The van der Waals surface area contributed by atoms with Crippen LogP contribution >= 0.6 is 0 Å². The third-order valence-electron chi connectivity index (χ3n) is 4.21. The molecule has 0 N–H and O–H groups in total. The van der Waals surface area contributed by atoms with E-state index in [9.17, 15) is 9.59 Å². The highest BCUT2D eigenvalue weighted by atomic mass is 16.6. The number of hydrogen-bond acceptors (Lipinski definition) is 5. The standard InChI is InChI=1S/C24H30O5/c1-17(2)13-15-22(25)28-21-12-8-11-20(27-19-9-6-5-7-10-19)24(21)29-23(26)16-14-18(3)4/h5-12,17-18H,13-16H2,1-4H3. The number of rotatable bonds is 10. The van der Waals surface area contributed by atoms with Crippen molar-refractivity contribution in [1.82, 2.24) is 0 Å². The summed E-state index contributed by atoms with van der Waals surface area (Å²) >= 11 is 0. The summed E-state index contributed by atoms with van der Waals surface area (Å²) in [5.41, 5.74) is 0. The Bertz CT molecular complexity index is 796. The normalized spacial score (nSPS) is 10.8. The molecule has 5 heteroatoms. The molecule has 0 amide bonds. The van der Waals surface area contributed by atoms with Gasteiger partial charge in [0.1, 0.15) is 5.75 Å². The third-order valence-corrected chi connectivity index (χ3v) is 4.21. The maximum absolute atomic E-state index is 12.4. The molecule has 0 unspecified atom stereocenters. The van der Waals surface area contributed by atoms with Crippen molar-refractivity contribution in [3.05, 3.63) is 48.5 Å².